The first kappa shape index (κ1) is 19.8. The van der Waals surface area contributed by atoms with E-state index in [-0.39, 0.29) is 32.0 Å². The Morgan fingerprint density at radius 2 is 1.73 bits per heavy atom. The highest BCUT2D eigenvalue weighted by Gasteiger charge is 2.21. The van der Waals surface area contributed by atoms with Crippen molar-refractivity contribution in [3.05, 3.63) is 67.1 Å². The molecule has 2 rings (SSSR count). The molecule has 11 heteroatoms. The highest BCUT2D eigenvalue weighted by Crippen LogP contribution is 2.29. The predicted molar refractivity (Wildman–Crippen MR) is 99.0 cm³/mol. The van der Waals surface area contributed by atoms with E-state index in [0.717, 1.165) is 11.1 Å². The lowest BCUT2D eigenvalue weighted by Gasteiger charge is -2.20. The standard InChI is InChI=1S/C15H11Cl3N4O4/c1-21(11-6-5-8(16)7-12(11)22(25)26)20-15(24)19-14(23)13-9(17)3-2-4-10(13)18/h2-7H,1H3,(H2,19,20,23,24). The van der Waals surface area contributed by atoms with Gasteiger partial charge >= 0.3 is 6.03 Å². The minimum absolute atomic E-state index is 0.0638. The van der Waals surface area contributed by atoms with Gasteiger partial charge in [-0.05, 0) is 24.3 Å². The number of nitrogens with zero attached hydrogens (tertiary/aromatic N) is 2. The van der Waals surface area contributed by atoms with Gasteiger partial charge in [0.05, 0.1) is 20.5 Å². The van der Waals surface area contributed by atoms with Crippen molar-refractivity contribution in [1.29, 1.82) is 0 Å². The number of carbonyl (C=O) groups excluding carboxylic acids is 2. The van der Waals surface area contributed by atoms with Crippen LogP contribution in [-0.2, 0) is 0 Å². The molecule has 0 atom stereocenters. The first-order valence-corrected chi connectivity index (χ1v) is 8.07. The quantitative estimate of drug-likeness (QED) is 0.577. The third-order valence-electron chi connectivity index (χ3n) is 3.18. The third kappa shape index (κ3) is 4.54. The molecule has 8 nitrogen and oxygen atoms in total. The van der Waals surface area contributed by atoms with Crippen LogP contribution in [0, 0.1) is 10.1 Å². The normalized spacial score (nSPS) is 10.2. The molecule has 0 saturated heterocycles. The third-order valence-corrected chi connectivity index (χ3v) is 4.05. The summed E-state index contributed by atoms with van der Waals surface area (Å²) in [4.78, 5) is 34.6. The lowest BCUT2D eigenvalue weighted by molar-refractivity contribution is -0.384. The number of imide groups is 1. The molecule has 136 valence electrons. The summed E-state index contributed by atoms with van der Waals surface area (Å²) in [5.74, 6) is -0.822. The number of anilines is 1. The van der Waals surface area contributed by atoms with Gasteiger partial charge in [-0.25, -0.2) is 10.2 Å². The number of carbonyl (C=O) groups is 2. The number of hydrazine groups is 1. The summed E-state index contributed by atoms with van der Waals surface area (Å²) in [6, 6.07) is 7.43. The van der Waals surface area contributed by atoms with E-state index in [9.17, 15) is 19.7 Å². The molecule has 0 spiro atoms. The molecule has 0 aliphatic heterocycles. The lowest BCUT2D eigenvalue weighted by atomic mass is 10.2. The van der Waals surface area contributed by atoms with Crippen LogP contribution in [0.4, 0.5) is 16.2 Å². The number of nitro benzene ring substituents is 1. The summed E-state index contributed by atoms with van der Waals surface area (Å²) in [7, 11) is 1.36. The minimum atomic E-state index is -0.933. The predicted octanol–water partition coefficient (Wildman–Crippen LogP) is 4.05. The number of nitro groups is 1. The topological polar surface area (TPSA) is 105 Å². The van der Waals surface area contributed by atoms with Crippen LogP contribution in [0.1, 0.15) is 10.4 Å². The maximum absolute atomic E-state index is 12.1. The van der Waals surface area contributed by atoms with Crippen LogP contribution in [0.15, 0.2) is 36.4 Å². The van der Waals surface area contributed by atoms with Crippen molar-refractivity contribution in [1.82, 2.24) is 10.7 Å². The van der Waals surface area contributed by atoms with Gasteiger partial charge < -0.3 is 0 Å². The SMILES string of the molecule is CN(NC(=O)NC(=O)c1c(Cl)cccc1Cl)c1ccc(Cl)cc1[N+](=O)[O-]. The maximum Gasteiger partial charge on any atom is 0.340 e. The van der Waals surface area contributed by atoms with Crippen LogP contribution in [0.2, 0.25) is 15.1 Å². The van der Waals surface area contributed by atoms with Crippen LogP contribution >= 0.6 is 34.8 Å². The van der Waals surface area contributed by atoms with Gasteiger partial charge in [-0.3, -0.25) is 25.2 Å². The fourth-order valence-corrected chi connectivity index (χ4v) is 2.78. The van der Waals surface area contributed by atoms with E-state index >= 15 is 0 Å². The van der Waals surface area contributed by atoms with Crippen LogP contribution in [0.5, 0.6) is 0 Å². The largest absolute Gasteiger partial charge is 0.340 e. The highest BCUT2D eigenvalue weighted by atomic mass is 35.5. The summed E-state index contributed by atoms with van der Waals surface area (Å²) in [5, 5.41) is 14.5. The molecule has 0 fully saturated rings. The van der Waals surface area contributed by atoms with Crippen molar-refractivity contribution in [2.45, 2.75) is 0 Å². The molecule has 0 radical (unpaired) electrons. The average molecular weight is 418 g/mol. The van der Waals surface area contributed by atoms with Gasteiger partial charge in [-0.1, -0.05) is 40.9 Å². The average Bonchev–Trinajstić information content (AvgIpc) is 2.54. The number of amides is 3. The van der Waals surface area contributed by atoms with Crippen molar-refractivity contribution in [3.8, 4) is 0 Å². The van der Waals surface area contributed by atoms with Crippen molar-refractivity contribution in [2.75, 3.05) is 12.1 Å². The number of rotatable bonds is 4. The first-order valence-electron chi connectivity index (χ1n) is 6.94. The molecule has 0 aliphatic carbocycles. The summed E-state index contributed by atoms with van der Waals surface area (Å²) >= 11 is 17.6. The Morgan fingerprint density at radius 1 is 1.12 bits per heavy atom. The summed E-state index contributed by atoms with van der Waals surface area (Å²) in [6.07, 6.45) is 0. The van der Waals surface area contributed by atoms with Gasteiger partial charge in [0.15, 0.2) is 0 Å². The molecule has 0 aromatic heterocycles. The molecule has 0 saturated carbocycles. The van der Waals surface area contributed by atoms with Crippen LogP contribution in [0.25, 0.3) is 0 Å². The number of hydrogen-bond donors (Lipinski definition) is 2. The molecule has 0 unspecified atom stereocenters. The van der Waals surface area contributed by atoms with Crippen molar-refractivity contribution in [2.24, 2.45) is 0 Å². The Balaban J connectivity index is 2.13. The van der Waals surface area contributed by atoms with E-state index in [0.29, 0.717) is 0 Å². The van der Waals surface area contributed by atoms with Crippen molar-refractivity contribution in [3.63, 3.8) is 0 Å². The Labute approximate surface area is 162 Å². The summed E-state index contributed by atoms with van der Waals surface area (Å²) < 4.78 is 0. The molecule has 26 heavy (non-hydrogen) atoms. The molecule has 0 heterocycles. The van der Waals surface area contributed by atoms with Gasteiger partial charge in [-0.15, -0.1) is 0 Å². The van der Waals surface area contributed by atoms with Gasteiger partial charge in [0.2, 0.25) is 0 Å². The van der Waals surface area contributed by atoms with Crippen LogP contribution < -0.4 is 15.8 Å². The molecule has 0 bridgehead atoms. The van der Waals surface area contributed by atoms with E-state index in [4.69, 9.17) is 34.8 Å². The molecule has 2 aromatic rings. The Morgan fingerprint density at radius 3 is 2.31 bits per heavy atom. The lowest BCUT2D eigenvalue weighted by Crippen LogP contribution is -2.47. The zero-order valence-electron chi connectivity index (χ0n) is 13.1. The van der Waals surface area contributed by atoms with Gasteiger partial charge in [0.1, 0.15) is 5.69 Å². The van der Waals surface area contributed by atoms with E-state index < -0.39 is 16.9 Å². The second-order valence-electron chi connectivity index (χ2n) is 4.94. The Kier molecular flexibility index (Phi) is 6.25. The zero-order chi connectivity index (χ0) is 19.4. The first-order chi connectivity index (χ1) is 12.2. The van der Waals surface area contributed by atoms with Gasteiger partial charge in [-0.2, -0.15) is 0 Å². The second-order valence-corrected chi connectivity index (χ2v) is 6.19. The zero-order valence-corrected chi connectivity index (χ0v) is 15.4. The van der Waals surface area contributed by atoms with Gasteiger partial charge in [0.25, 0.3) is 11.6 Å². The maximum atomic E-state index is 12.1. The van der Waals surface area contributed by atoms with Crippen LogP contribution in [-0.4, -0.2) is 23.9 Å². The van der Waals surface area contributed by atoms with Crippen molar-refractivity contribution < 1.29 is 14.5 Å². The summed E-state index contributed by atoms with van der Waals surface area (Å²) in [5.41, 5.74) is 1.96. The fraction of sp³-hybridized carbons (Fsp3) is 0.0667. The molecule has 2 N–H and O–H groups in total. The van der Waals surface area contributed by atoms with Gasteiger partial charge in [0, 0.05) is 18.1 Å². The van der Waals surface area contributed by atoms with Crippen molar-refractivity contribution >= 4 is 58.1 Å². The molecule has 2 aromatic carbocycles. The van der Waals surface area contributed by atoms with E-state index in [2.05, 4.69) is 5.43 Å². The van der Waals surface area contributed by atoms with Crippen LogP contribution in [0.3, 0.4) is 0 Å². The number of halogens is 3. The summed E-state index contributed by atoms with van der Waals surface area (Å²) in [6.45, 7) is 0. The molecular formula is C15H11Cl3N4O4. The molecular weight excluding hydrogens is 407 g/mol. The molecule has 0 aliphatic rings. The van der Waals surface area contributed by atoms with E-state index in [1.165, 1.54) is 31.3 Å². The van der Waals surface area contributed by atoms with E-state index in [1.54, 1.807) is 6.07 Å². The highest BCUT2D eigenvalue weighted by molar-refractivity contribution is 6.40. The Hall–Kier alpha value is -2.55. The number of urea groups is 1. The molecule has 3 amide bonds. The number of benzene rings is 2. The fourth-order valence-electron chi connectivity index (χ4n) is 2.05. The van der Waals surface area contributed by atoms with E-state index in [1.807, 2.05) is 5.32 Å². The second kappa shape index (κ2) is 8.22. The monoisotopic (exact) mass is 416 g/mol. The number of hydrogen-bond acceptors (Lipinski definition) is 5. The Bertz CT molecular complexity index is 871. The number of nitrogens with one attached hydrogen (secondary N) is 2. The smallest absolute Gasteiger partial charge is 0.281 e. The minimum Gasteiger partial charge on any atom is -0.281 e.